The average Bonchev–Trinajstić information content (AvgIpc) is 2.55. The topological polar surface area (TPSA) is 23.9 Å². The van der Waals surface area contributed by atoms with Gasteiger partial charge in [-0.25, -0.2) is 0 Å². The van der Waals surface area contributed by atoms with Crippen molar-refractivity contribution >= 4 is 5.71 Å². The monoisotopic (exact) mass is 285 g/mol. The summed E-state index contributed by atoms with van der Waals surface area (Å²) < 4.78 is 0. The van der Waals surface area contributed by atoms with E-state index in [0.29, 0.717) is 5.71 Å². The third kappa shape index (κ3) is 2.71. The molecule has 0 spiro atoms. The van der Waals surface area contributed by atoms with Gasteiger partial charge in [-0.05, 0) is 30.5 Å². The third-order valence-electron chi connectivity index (χ3n) is 3.95. The number of rotatable bonds is 3. The Balaban J connectivity index is 2.14. The Morgan fingerprint density at radius 2 is 1.41 bits per heavy atom. The molecule has 108 valence electrons. The first kappa shape index (κ1) is 14.3. The molecule has 0 amide bonds. The molecule has 0 heterocycles. The lowest BCUT2D eigenvalue weighted by molar-refractivity contribution is 1.38. The Hall–Kier alpha value is -2.67. The van der Waals surface area contributed by atoms with Crippen LogP contribution in [0.3, 0.4) is 0 Å². The van der Waals surface area contributed by atoms with Crippen LogP contribution >= 0.6 is 0 Å². The summed E-state index contributed by atoms with van der Waals surface area (Å²) in [5, 5.41) is 8.67. The van der Waals surface area contributed by atoms with E-state index in [9.17, 15) is 0 Å². The summed E-state index contributed by atoms with van der Waals surface area (Å²) in [4.78, 5) is 0. The standard InChI is InChI=1S/C21H19N/c1-15-11-13-18(14-12-15)21(22)20-16(2)7-6-10-19(20)17-8-4-3-5-9-17/h3-14,22H,1-2H3. The van der Waals surface area contributed by atoms with Gasteiger partial charge in [0.2, 0.25) is 0 Å². The van der Waals surface area contributed by atoms with E-state index in [2.05, 4.69) is 56.3 Å². The first-order chi connectivity index (χ1) is 10.7. The molecule has 0 saturated carbocycles. The van der Waals surface area contributed by atoms with Crippen molar-refractivity contribution in [2.45, 2.75) is 13.8 Å². The molecular formula is C21H19N. The molecule has 1 nitrogen and oxygen atoms in total. The van der Waals surface area contributed by atoms with Crippen LogP contribution in [0, 0.1) is 19.3 Å². The van der Waals surface area contributed by atoms with Crippen LogP contribution < -0.4 is 0 Å². The highest BCUT2D eigenvalue weighted by Gasteiger charge is 2.13. The summed E-state index contributed by atoms with van der Waals surface area (Å²) in [6.45, 7) is 4.14. The van der Waals surface area contributed by atoms with Crippen LogP contribution in [0.5, 0.6) is 0 Å². The number of nitrogens with one attached hydrogen (secondary N) is 1. The maximum Gasteiger partial charge on any atom is 0.0693 e. The summed E-state index contributed by atoms with van der Waals surface area (Å²) >= 11 is 0. The van der Waals surface area contributed by atoms with Crippen molar-refractivity contribution in [1.82, 2.24) is 0 Å². The van der Waals surface area contributed by atoms with Crippen molar-refractivity contribution in [2.75, 3.05) is 0 Å². The predicted molar refractivity (Wildman–Crippen MR) is 93.7 cm³/mol. The van der Waals surface area contributed by atoms with Gasteiger partial charge in [0.25, 0.3) is 0 Å². The maximum atomic E-state index is 8.67. The van der Waals surface area contributed by atoms with E-state index in [1.54, 1.807) is 0 Å². The zero-order valence-corrected chi connectivity index (χ0v) is 12.9. The smallest absolute Gasteiger partial charge is 0.0693 e. The Morgan fingerprint density at radius 1 is 0.727 bits per heavy atom. The van der Waals surface area contributed by atoms with Gasteiger partial charge in [0, 0.05) is 11.1 Å². The zero-order chi connectivity index (χ0) is 15.5. The van der Waals surface area contributed by atoms with Gasteiger partial charge < -0.3 is 0 Å². The highest BCUT2D eigenvalue weighted by atomic mass is 14.4. The molecule has 3 rings (SSSR count). The Labute approximate surface area is 131 Å². The largest absolute Gasteiger partial charge is 0.300 e. The number of hydrogen-bond donors (Lipinski definition) is 1. The van der Waals surface area contributed by atoms with Crippen molar-refractivity contribution in [3.8, 4) is 11.1 Å². The van der Waals surface area contributed by atoms with E-state index >= 15 is 0 Å². The number of hydrogen-bond acceptors (Lipinski definition) is 1. The van der Waals surface area contributed by atoms with Crippen molar-refractivity contribution in [2.24, 2.45) is 0 Å². The summed E-state index contributed by atoms with van der Waals surface area (Å²) in [5.74, 6) is 0. The van der Waals surface area contributed by atoms with Crippen LogP contribution in [-0.4, -0.2) is 5.71 Å². The second kappa shape index (κ2) is 5.98. The molecule has 0 fully saturated rings. The van der Waals surface area contributed by atoms with Gasteiger partial charge in [0.1, 0.15) is 0 Å². The van der Waals surface area contributed by atoms with Crippen LogP contribution in [0.4, 0.5) is 0 Å². The van der Waals surface area contributed by atoms with E-state index in [1.165, 1.54) is 5.56 Å². The Kier molecular flexibility index (Phi) is 3.88. The van der Waals surface area contributed by atoms with Crippen LogP contribution in [0.2, 0.25) is 0 Å². The Bertz CT molecular complexity index is 799. The molecule has 1 N–H and O–H groups in total. The lowest BCUT2D eigenvalue weighted by atomic mass is 9.90. The van der Waals surface area contributed by atoms with Gasteiger partial charge in [-0.15, -0.1) is 0 Å². The van der Waals surface area contributed by atoms with E-state index in [4.69, 9.17) is 5.41 Å². The minimum absolute atomic E-state index is 0.581. The quantitative estimate of drug-likeness (QED) is 0.624. The molecule has 3 aromatic carbocycles. The van der Waals surface area contributed by atoms with Gasteiger partial charge in [0.05, 0.1) is 5.71 Å². The van der Waals surface area contributed by atoms with E-state index in [1.807, 2.05) is 30.3 Å². The van der Waals surface area contributed by atoms with Crippen LogP contribution in [-0.2, 0) is 0 Å². The normalized spacial score (nSPS) is 10.5. The molecule has 0 aliphatic carbocycles. The molecular weight excluding hydrogens is 266 g/mol. The van der Waals surface area contributed by atoms with Gasteiger partial charge in [0.15, 0.2) is 0 Å². The molecule has 0 aliphatic heterocycles. The molecule has 3 aromatic rings. The van der Waals surface area contributed by atoms with E-state index in [-0.39, 0.29) is 0 Å². The third-order valence-corrected chi connectivity index (χ3v) is 3.95. The molecule has 22 heavy (non-hydrogen) atoms. The fourth-order valence-corrected chi connectivity index (χ4v) is 2.72. The highest BCUT2D eigenvalue weighted by Crippen LogP contribution is 2.28. The first-order valence-electron chi connectivity index (χ1n) is 7.48. The lowest BCUT2D eigenvalue weighted by Gasteiger charge is -2.14. The second-order valence-electron chi connectivity index (χ2n) is 5.60. The van der Waals surface area contributed by atoms with Crippen LogP contribution in [0.1, 0.15) is 22.3 Å². The van der Waals surface area contributed by atoms with E-state index in [0.717, 1.165) is 27.8 Å². The minimum Gasteiger partial charge on any atom is -0.300 e. The van der Waals surface area contributed by atoms with Gasteiger partial charge in [-0.1, -0.05) is 78.4 Å². The number of aryl methyl sites for hydroxylation is 2. The molecule has 0 saturated heterocycles. The summed E-state index contributed by atoms with van der Waals surface area (Å²) in [5.41, 5.74) is 7.16. The molecule has 0 bridgehead atoms. The van der Waals surface area contributed by atoms with E-state index < -0.39 is 0 Å². The molecule has 0 aromatic heterocycles. The minimum atomic E-state index is 0.581. The highest BCUT2D eigenvalue weighted by molar-refractivity contribution is 6.15. The summed E-state index contributed by atoms with van der Waals surface area (Å²) in [6.07, 6.45) is 0. The maximum absolute atomic E-state index is 8.67. The first-order valence-corrected chi connectivity index (χ1v) is 7.48. The van der Waals surface area contributed by atoms with Crippen molar-refractivity contribution in [3.63, 3.8) is 0 Å². The molecule has 0 aliphatic rings. The molecule has 0 unspecified atom stereocenters. The SMILES string of the molecule is Cc1ccc(C(=N)c2c(C)cccc2-c2ccccc2)cc1. The fourth-order valence-electron chi connectivity index (χ4n) is 2.72. The molecule has 0 atom stereocenters. The second-order valence-corrected chi connectivity index (χ2v) is 5.60. The lowest BCUT2D eigenvalue weighted by Crippen LogP contribution is -2.06. The fraction of sp³-hybridized carbons (Fsp3) is 0.0952. The predicted octanol–water partition coefficient (Wildman–Crippen LogP) is 5.39. The van der Waals surface area contributed by atoms with Crippen molar-refractivity contribution < 1.29 is 0 Å². The zero-order valence-electron chi connectivity index (χ0n) is 12.9. The average molecular weight is 285 g/mol. The Morgan fingerprint density at radius 3 is 2.09 bits per heavy atom. The summed E-state index contributed by atoms with van der Waals surface area (Å²) in [6, 6.07) is 24.7. The van der Waals surface area contributed by atoms with Gasteiger partial charge in [-0.3, -0.25) is 5.41 Å². The molecule has 1 heteroatoms. The van der Waals surface area contributed by atoms with Crippen LogP contribution in [0.25, 0.3) is 11.1 Å². The van der Waals surface area contributed by atoms with Gasteiger partial charge in [-0.2, -0.15) is 0 Å². The number of benzene rings is 3. The van der Waals surface area contributed by atoms with Crippen molar-refractivity contribution in [1.29, 1.82) is 5.41 Å². The van der Waals surface area contributed by atoms with Crippen LogP contribution in [0.15, 0.2) is 72.8 Å². The van der Waals surface area contributed by atoms with Crippen molar-refractivity contribution in [3.05, 3.63) is 95.1 Å². The molecule has 0 radical (unpaired) electrons. The summed E-state index contributed by atoms with van der Waals surface area (Å²) in [7, 11) is 0. The van der Waals surface area contributed by atoms with Gasteiger partial charge >= 0.3 is 0 Å².